The van der Waals surface area contributed by atoms with Crippen molar-refractivity contribution in [3.63, 3.8) is 0 Å². The van der Waals surface area contributed by atoms with Crippen molar-refractivity contribution in [3.8, 4) is 0 Å². The molecular formula is C19H26N2. The SMILES string of the molecule is CCCNCc1ccc(N(CC)c2cccc(C)c2)cc1. The van der Waals surface area contributed by atoms with Crippen molar-refractivity contribution in [1.29, 1.82) is 0 Å². The Labute approximate surface area is 128 Å². The highest BCUT2D eigenvalue weighted by molar-refractivity contribution is 5.63. The fraction of sp³-hybridized carbons (Fsp3) is 0.368. The highest BCUT2D eigenvalue weighted by Crippen LogP contribution is 2.26. The van der Waals surface area contributed by atoms with Crippen LogP contribution in [0.25, 0.3) is 0 Å². The van der Waals surface area contributed by atoms with Gasteiger partial charge in [0.1, 0.15) is 0 Å². The van der Waals surface area contributed by atoms with E-state index in [1.807, 2.05) is 0 Å². The van der Waals surface area contributed by atoms with E-state index >= 15 is 0 Å². The first kappa shape index (κ1) is 15.6. The molecule has 2 rings (SSSR count). The smallest absolute Gasteiger partial charge is 0.0413 e. The van der Waals surface area contributed by atoms with Crippen molar-refractivity contribution in [3.05, 3.63) is 59.7 Å². The van der Waals surface area contributed by atoms with Crippen LogP contribution in [-0.2, 0) is 6.54 Å². The van der Waals surface area contributed by atoms with E-state index < -0.39 is 0 Å². The Hall–Kier alpha value is -1.80. The number of rotatable bonds is 7. The van der Waals surface area contributed by atoms with E-state index in [9.17, 15) is 0 Å². The van der Waals surface area contributed by atoms with Gasteiger partial charge in [0, 0.05) is 24.5 Å². The van der Waals surface area contributed by atoms with Crippen LogP contribution in [0.2, 0.25) is 0 Å². The summed E-state index contributed by atoms with van der Waals surface area (Å²) in [6.07, 6.45) is 1.18. The van der Waals surface area contributed by atoms with Crippen molar-refractivity contribution >= 4 is 11.4 Å². The maximum absolute atomic E-state index is 3.44. The molecule has 0 amide bonds. The lowest BCUT2D eigenvalue weighted by Gasteiger charge is -2.24. The van der Waals surface area contributed by atoms with Crippen LogP contribution >= 0.6 is 0 Å². The number of aryl methyl sites for hydroxylation is 1. The van der Waals surface area contributed by atoms with E-state index in [4.69, 9.17) is 0 Å². The van der Waals surface area contributed by atoms with Gasteiger partial charge in [0.2, 0.25) is 0 Å². The lowest BCUT2D eigenvalue weighted by molar-refractivity contribution is 0.675. The highest BCUT2D eigenvalue weighted by atomic mass is 15.1. The zero-order valence-electron chi connectivity index (χ0n) is 13.4. The van der Waals surface area contributed by atoms with E-state index in [-0.39, 0.29) is 0 Å². The molecule has 0 unspecified atom stereocenters. The van der Waals surface area contributed by atoms with E-state index in [1.54, 1.807) is 0 Å². The Bertz CT molecular complexity index is 546. The standard InChI is InChI=1S/C19H26N2/c1-4-13-20-15-17-9-11-18(12-10-17)21(5-2)19-8-6-7-16(3)14-19/h6-12,14,20H,4-5,13,15H2,1-3H3. The molecule has 0 aliphatic rings. The largest absolute Gasteiger partial charge is 0.342 e. The van der Waals surface area contributed by atoms with Gasteiger partial charge in [-0.15, -0.1) is 0 Å². The van der Waals surface area contributed by atoms with Gasteiger partial charge in [-0.1, -0.05) is 31.2 Å². The molecule has 0 saturated carbocycles. The van der Waals surface area contributed by atoms with Crippen LogP contribution in [0.15, 0.2) is 48.5 Å². The van der Waals surface area contributed by atoms with Gasteiger partial charge in [-0.25, -0.2) is 0 Å². The third-order valence-corrected chi connectivity index (χ3v) is 3.63. The number of nitrogens with zero attached hydrogens (tertiary/aromatic N) is 1. The van der Waals surface area contributed by atoms with Gasteiger partial charge in [-0.05, 0) is 62.2 Å². The molecule has 0 bridgehead atoms. The molecule has 0 aliphatic heterocycles. The molecule has 0 spiro atoms. The monoisotopic (exact) mass is 282 g/mol. The molecule has 21 heavy (non-hydrogen) atoms. The minimum Gasteiger partial charge on any atom is -0.342 e. The van der Waals surface area contributed by atoms with Gasteiger partial charge in [-0.3, -0.25) is 0 Å². The summed E-state index contributed by atoms with van der Waals surface area (Å²) in [5, 5.41) is 3.44. The van der Waals surface area contributed by atoms with Crippen molar-refractivity contribution in [1.82, 2.24) is 5.32 Å². The van der Waals surface area contributed by atoms with Crippen LogP contribution in [0, 0.1) is 6.92 Å². The fourth-order valence-corrected chi connectivity index (χ4v) is 2.51. The predicted octanol–water partition coefficient (Wildman–Crippen LogP) is 4.65. The first-order valence-corrected chi connectivity index (χ1v) is 7.88. The van der Waals surface area contributed by atoms with Crippen LogP contribution in [0.1, 0.15) is 31.4 Å². The molecule has 0 aliphatic carbocycles. The zero-order chi connectivity index (χ0) is 15.1. The molecule has 2 aromatic carbocycles. The minimum atomic E-state index is 0.949. The van der Waals surface area contributed by atoms with Gasteiger partial charge in [0.25, 0.3) is 0 Å². The van der Waals surface area contributed by atoms with Crippen LogP contribution < -0.4 is 10.2 Å². The number of nitrogens with one attached hydrogen (secondary N) is 1. The van der Waals surface area contributed by atoms with Crippen molar-refractivity contribution in [2.45, 2.75) is 33.7 Å². The van der Waals surface area contributed by atoms with Crippen LogP contribution in [0.4, 0.5) is 11.4 Å². The van der Waals surface area contributed by atoms with E-state index in [0.29, 0.717) is 0 Å². The van der Waals surface area contributed by atoms with Gasteiger partial charge in [0.05, 0.1) is 0 Å². The summed E-state index contributed by atoms with van der Waals surface area (Å²) in [5.41, 5.74) is 5.15. The Balaban J connectivity index is 2.12. The molecule has 0 fully saturated rings. The van der Waals surface area contributed by atoms with Crippen molar-refractivity contribution in [2.75, 3.05) is 18.0 Å². The molecule has 0 heterocycles. The summed E-state index contributed by atoms with van der Waals surface area (Å²) >= 11 is 0. The maximum Gasteiger partial charge on any atom is 0.0413 e. The van der Waals surface area contributed by atoms with E-state index in [1.165, 1.54) is 28.9 Å². The molecule has 0 radical (unpaired) electrons. The van der Waals surface area contributed by atoms with Crippen LogP contribution in [0.3, 0.4) is 0 Å². The fourth-order valence-electron chi connectivity index (χ4n) is 2.51. The minimum absolute atomic E-state index is 0.949. The first-order valence-electron chi connectivity index (χ1n) is 7.88. The van der Waals surface area contributed by atoms with E-state index in [0.717, 1.165) is 19.6 Å². The average Bonchev–Trinajstić information content (AvgIpc) is 2.50. The summed E-state index contributed by atoms with van der Waals surface area (Å²) < 4.78 is 0. The quantitative estimate of drug-likeness (QED) is 0.743. The summed E-state index contributed by atoms with van der Waals surface area (Å²) in [4.78, 5) is 2.34. The molecule has 0 saturated heterocycles. The topological polar surface area (TPSA) is 15.3 Å². The zero-order valence-corrected chi connectivity index (χ0v) is 13.4. The van der Waals surface area contributed by atoms with Gasteiger partial charge in [0.15, 0.2) is 0 Å². The van der Waals surface area contributed by atoms with Crippen LogP contribution in [0.5, 0.6) is 0 Å². The normalized spacial score (nSPS) is 10.6. The molecule has 2 nitrogen and oxygen atoms in total. The number of hydrogen-bond donors (Lipinski definition) is 1. The second-order valence-electron chi connectivity index (χ2n) is 5.43. The lowest BCUT2D eigenvalue weighted by Crippen LogP contribution is -2.16. The first-order chi connectivity index (χ1) is 10.2. The molecule has 1 N–H and O–H groups in total. The molecule has 0 atom stereocenters. The number of hydrogen-bond acceptors (Lipinski definition) is 2. The molecular weight excluding hydrogens is 256 g/mol. The highest BCUT2D eigenvalue weighted by Gasteiger charge is 2.07. The summed E-state index contributed by atoms with van der Waals surface area (Å²) in [5.74, 6) is 0. The Kier molecular flexibility index (Phi) is 5.82. The van der Waals surface area contributed by atoms with E-state index in [2.05, 4.69) is 79.5 Å². The maximum atomic E-state index is 3.44. The molecule has 112 valence electrons. The Morgan fingerprint density at radius 3 is 2.33 bits per heavy atom. The molecule has 2 aromatic rings. The van der Waals surface area contributed by atoms with Gasteiger partial charge < -0.3 is 10.2 Å². The molecule has 0 aromatic heterocycles. The van der Waals surface area contributed by atoms with Gasteiger partial charge in [-0.2, -0.15) is 0 Å². The third-order valence-electron chi connectivity index (χ3n) is 3.63. The Morgan fingerprint density at radius 2 is 1.71 bits per heavy atom. The third kappa shape index (κ3) is 4.33. The molecule has 2 heteroatoms. The average molecular weight is 282 g/mol. The lowest BCUT2D eigenvalue weighted by atomic mass is 10.1. The summed E-state index contributed by atoms with van der Waals surface area (Å²) in [7, 11) is 0. The number of benzene rings is 2. The predicted molar refractivity (Wildman–Crippen MR) is 92.3 cm³/mol. The Morgan fingerprint density at radius 1 is 0.952 bits per heavy atom. The van der Waals surface area contributed by atoms with Crippen LogP contribution in [-0.4, -0.2) is 13.1 Å². The van der Waals surface area contributed by atoms with Crippen molar-refractivity contribution in [2.24, 2.45) is 0 Å². The second kappa shape index (κ2) is 7.84. The summed E-state index contributed by atoms with van der Waals surface area (Å²) in [6, 6.07) is 17.5. The van der Waals surface area contributed by atoms with Gasteiger partial charge >= 0.3 is 0 Å². The number of anilines is 2. The second-order valence-corrected chi connectivity index (χ2v) is 5.43. The summed E-state index contributed by atoms with van der Waals surface area (Å²) in [6.45, 7) is 9.52. The van der Waals surface area contributed by atoms with Crippen molar-refractivity contribution < 1.29 is 0 Å².